The third-order valence-corrected chi connectivity index (χ3v) is 3.17. The maximum atomic E-state index is 11.5. The van der Waals surface area contributed by atoms with E-state index in [1.54, 1.807) is 0 Å². The molecule has 0 saturated heterocycles. The molecule has 1 amide bonds. The van der Waals surface area contributed by atoms with E-state index >= 15 is 0 Å². The van der Waals surface area contributed by atoms with Crippen LogP contribution >= 0.6 is 0 Å². The number of allylic oxidation sites excluding steroid dienone is 2. The van der Waals surface area contributed by atoms with Gasteiger partial charge in [0, 0.05) is 12.1 Å². The lowest BCUT2D eigenvalue weighted by Gasteiger charge is -2.11. The third-order valence-electron chi connectivity index (χ3n) is 3.17. The molecular formula is C16H25NO. The van der Waals surface area contributed by atoms with Gasteiger partial charge in [-0.15, -0.1) is 0 Å². The van der Waals surface area contributed by atoms with Crippen molar-refractivity contribution < 1.29 is 4.79 Å². The van der Waals surface area contributed by atoms with Crippen LogP contribution in [0, 0.1) is 11.8 Å². The van der Waals surface area contributed by atoms with Crippen LogP contribution in [0.4, 0.5) is 0 Å². The molecule has 0 bridgehead atoms. The van der Waals surface area contributed by atoms with E-state index in [4.69, 9.17) is 0 Å². The highest BCUT2D eigenvalue weighted by Crippen LogP contribution is 2.14. The molecule has 0 unspecified atom stereocenters. The van der Waals surface area contributed by atoms with Crippen molar-refractivity contribution in [1.82, 2.24) is 5.32 Å². The van der Waals surface area contributed by atoms with Gasteiger partial charge < -0.3 is 5.32 Å². The molecule has 0 heterocycles. The van der Waals surface area contributed by atoms with Crippen LogP contribution in [0.3, 0.4) is 0 Å². The highest BCUT2D eigenvalue weighted by molar-refractivity contribution is 5.94. The Hall–Kier alpha value is -1.23. The van der Waals surface area contributed by atoms with E-state index in [1.165, 1.54) is 38.5 Å². The lowest BCUT2D eigenvalue weighted by molar-refractivity contribution is -0.115. The molecule has 0 radical (unpaired) electrons. The summed E-state index contributed by atoms with van der Waals surface area (Å²) in [6.45, 7) is 2.21. The fourth-order valence-electron chi connectivity index (χ4n) is 2.09. The van der Waals surface area contributed by atoms with E-state index in [2.05, 4.69) is 30.2 Å². The normalized spacial score (nSPS) is 14.4. The number of nitrogens with one attached hydrogen (secondary N) is 1. The molecule has 0 aromatic rings. The Bertz CT molecular complexity index is 333. The zero-order valence-electron chi connectivity index (χ0n) is 11.6. The maximum Gasteiger partial charge on any atom is 0.300 e. The molecule has 0 aliphatic heterocycles. The number of rotatable bonds is 6. The fourth-order valence-corrected chi connectivity index (χ4v) is 2.09. The van der Waals surface area contributed by atoms with E-state index in [0.29, 0.717) is 0 Å². The van der Waals surface area contributed by atoms with Crippen LogP contribution < -0.4 is 5.32 Å². The van der Waals surface area contributed by atoms with Gasteiger partial charge in [-0.25, -0.2) is 0 Å². The summed E-state index contributed by atoms with van der Waals surface area (Å²) in [6, 6.07) is 0. The van der Waals surface area contributed by atoms with Gasteiger partial charge in [0.15, 0.2) is 0 Å². The smallest absolute Gasteiger partial charge is 0.300 e. The van der Waals surface area contributed by atoms with Gasteiger partial charge in [0.1, 0.15) is 0 Å². The number of hydrogen-bond acceptors (Lipinski definition) is 1. The van der Waals surface area contributed by atoms with E-state index in [9.17, 15) is 4.79 Å². The monoisotopic (exact) mass is 247 g/mol. The summed E-state index contributed by atoms with van der Waals surface area (Å²) in [5.74, 6) is 5.50. The molecule has 1 rings (SSSR count). The van der Waals surface area contributed by atoms with Gasteiger partial charge in [-0.1, -0.05) is 44.6 Å². The quantitative estimate of drug-likeness (QED) is 0.559. The highest BCUT2D eigenvalue weighted by atomic mass is 16.1. The molecule has 18 heavy (non-hydrogen) atoms. The van der Waals surface area contributed by atoms with Gasteiger partial charge in [0.25, 0.3) is 5.91 Å². The molecule has 2 nitrogen and oxygen atoms in total. The molecule has 2 heteroatoms. The first-order chi connectivity index (χ1) is 8.83. The van der Waals surface area contributed by atoms with Crippen LogP contribution in [0.2, 0.25) is 0 Å². The van der Waals surface area contributed by atoms with Gasteiger partial charge in [0.05, 0.1) is 0 Å². The minimum absolute atomic E-state index is 0.142. The molecule has 0 aromatic carbocycles. The predicted octanol–water partition coefficient (Wildman–Crippen LogP) is 3.92. The number of amides is 1. The molecule has 1 N–H and O–H groups in total. The standard InChI is InChI=1S/C16H25NO/c1-2-3-4-5-6-7-11-14-16(18)17-15-12-9-8-10-13-15/h12H,2-10,13H2,1H3,(H,17,18). The number of hydrogen-bond donors (Lipinski definition) is 1. The van der Waals surface area contributed by atoms with E-state index in [-0.39, 0.29) is 5.91 Å². The lowest BCUT2D eigenvalue weighted by atomic mass is 10.1. The van der Waals surface area contributed by atoms with Crippen LogP contribution in [0.15, 0.2) is 11.8 Å². The van der Waals surface area contributed by atoms with Crippen molar-refractivity contribution in [2.45, 2.75) is 71.1 Å². The number of carbonyl (C=O) groups excluding carboxylic acids is 1. The van der Waals surface area contributed by atoms with Crippen LogP contribution in [0.25, 0.3) is 0 Å². The first-order valence-electron chi connectivity index (χ1n) is 7.32. The SMILES string of the molecule is CCCCCCCC#CC(=O)NC1=CCCCC1. The van der Waals surface area contributed by atoms with E-state index in [1.807, 2.05) is 0 Å². The molecule has 100 valence electrons. The molecule has 1 aliphatic carbocycles. The second-order valence-electron chi connectivity index (χ2n) is 4.90. The Balaban J connectivity index is 2.10. The van der Waals surface area contributed by atoms with Crippen LogP contribution in [-0.4, -0.2) is 5.91 Å². The predicted molar refractivity (Wildman–Crippen MR) is 75.8 cm³/mol. The Morgan fingerprint density at radius 2 is 2.11 bits per heavy atom. The summed E-state index contributed by atoms with van der Waals surface area (Å²) in [7, 11) is 0. The Kier molecular flexibility index (Phi) is 8.04. The molecule has 0 fully saturated rings. The number of carbonyl (C=O) groups is 1. The fraction of sp³-hybridized carbons (Fsp3) is 0.688. The first-order valence-corrected chi connectivity index (χ1v) is 7.32. The Labute approximate surface area is 111 Å². The van der Waals surface area contributed by atoms with Crippen molar-refractivity contribution in [2.75, 3.05) is 0 Å². The Morgan fingerprint density at radius 3 is 2.83 bits per heavy atom. The van der Waals surface area contributed by atoms with Crippen molar-refractivity contribution in [1.29, 1.82) is 0 Å². The molecule has 0 atom stereocenters. The third kappa shape index (κ3) is 7.17. The second-order valence-corrected chi connectivity index (χ2v) is 4.90. The Morgan fingerprint density at radius 1 is 1.28 bits per heavy atom. The summed E-state index contributed by atoms with van der Waals surface area (Å²) >= 11 is 0. The summed E-state index contributed by atoms with van der Waals surface area (Å²) in [6.07, 6.45) is 13.7. The van der Waals surface area contributed by atoms with Gasteiger partial charge >= 0.3 is 0 Å². The molecule has 0 saturated carbocycles. The molecule has 0 aromatic heterocycles. The van der Waals surface area contributed by atoms with Crippen molar-refractivity contribution >= 4 is 5.91 Å². The zero-order chi connectivity index (χ0) is 13.1. The summed E-state index contributed by atoms with van der Waals surface area (Å²) in [5.41, 5.74) is 1.06. The molecular weight excluding hydrogens is 222 g/mol. The molecule has 1 aliphatic rings. The summed E-state index contributed by atoms with van der Waals surface area (Å²) < 4.78 is 0. The van der Waals surface area contributed by atoms with Crippen LogP contribution in [0.5, 0.6) is 0 Å². The summed E-state index contributed by atoms with van der Waals surface area (Å²) in [4.78, 5) is 11.5. The van der Waals surface area contributed by atoms with Crippen LogP contribution in [-0.2, 0) is 4.79 Å². The van der Waals surface area contributed by atoms with Crippen molar-refractivity contribution in [3.05, 3.63) is 11.8 Å². The van der Waals surface area contributed by atoms with Gasteiger partial charge in [-0.2, -0.15) is 0 Å². The number of unbranched alkanes of at least 4 members (excludes halogenated alkanes) is 5. The average Bonchev–Trinajstić information content (AvgIpc) is 2.39. The largest absolute Gasteiger partial charge is 0.319 e. The first kappa shape index (κ1) is 14.8. The van der Waals surface area contributed by atoms with Crippen LogP contribution in [0.1, 0.15) is 71.1 Å². The average molecular weight is 247 g/mol. The molecule has 0 spiro atoms. The minimum Gasteiger partial charge on any atom is -0.319 e. The summed E-state index contributed by atoms with van der Waals surface area (Å²) in [5, 5.41) is 2.88. The van der Waals surface area contributed by atoms with Crippen molar-refractivity contribution in [3.63, 3.8) is 0 Å². The second kappa shape index (κ2) is 9.76. The van der Waals surface area contributed by atoms with Crippen molar-refractivity contribution in [2.24, 2.45) is 0 Å². The van der Waals surface area contributed by atoms with E-state index in [0.717, 1.165) is 31.4 Å². The minimum atomic E-state index is -0.142. The van der Waals surface area contributed by atoms with Gasteiger partial charge in [-0.3, -0.25) is 4.79 Å². The van der Waals surface area contributed by atoms with Gasteiger partial charge in [0.2, 0.25) is 0 Å². The van der Waals surface area contributed by atoms with Crippen molar-refractivity contribution in [3.8, 4) is 11.8 Å². The zero-order valence-corrected chi connectivity index (χ0v) is 11.6. The topological polar surface area (TPSA) is 29.1 Å². The van der Waals surface area contributed by atoms with Gasteiger partial charge in [-0.05, 0) is 38.0 Å². The highest BCUT2D eigenvalue weighted by Gasteiger charge is 2.05. The maximum absolute atomic E-state index is 11.5. The van der Waals surface area contributed by atoms with E-state index < -0.39 is 0 Å². The lowest BCUT2D eigenvalue weighted by Crippen LogP contribution is -2.21.